The molecule has 0 aliphatic heterocycles. The van der Waals surface area contributed by atoms with Gasteiger partial charge in [0.2, 0.25) is 5.91 Å². The van der Waals surface area contributed by atoms with E-state index in [9.17, 15) is 9.59 Å². The Bertz CT molecular complexity index is 776. The number of nitrogens with one attached hydrogen (secondary N) is 1. The van der Waals surface area contributed by atoms with E-state index in [1.54, 1.807) is 18.3 Å². The fourth-order valence-corrected chi connectivity index (χ4v) is 2.20. The van der Waals surface area contributed by atoms with Crippen molar-refractivity contribution < 1.29 is 9.59 Å². The summed E-state index contributed by atoms with van der Waals surface area (Å²) < 4.78 is 1.82. The molecule has 0 spiro atoms. The number of anilines is 1. The van der Waals surface area contributed by atoms with Crippen LogP contribution in [0, 0.1) is 0 Å². The van der Waals surface area contributed by atoms with Crippen LogP contribution >= 0.6 is 0 Å². The van der Waals surface area contributed by atoms with E-state index in [1.165, 1.54) is 0 Å². The highest BCUT2D eigenvalue weighted by atomic mass is 16.2. The molecule has 0 saturated carbocycles. The van der Waals surface area contributed by atoms with Crippen LogP contribution in [0.5, 0.6) is 0 Å². The SMILES string of the molecule is O=C(CCC(=O)c1ccccc1)Nc1cn2ccccc2n1. The number of nitrogens with zero attached hydrogens (tertiary/aromatic N) is 2. The lowest BCUT2D eigenvalue weighted by Crippen LogP contribution is -2.13. The van der Waals surface area contributed by atoms with Gasteiger partial charge in [0.1, 0.15) is 5.65 Å². The second kappa shape index (κ2) is 6.22. The summed E-state index contributed by atoms with van der Waals surface area (Å²) >= 11 is 0. The maximum atomic E-state index is 11.9. The van der Waals surface area contributed by atoms with E-state index in [0.717, 1.165) is 5.65 Å². The molecule has 2 heterocycles. The quantitative estimate of drug-likeness (QED) is 0.736. The van der Waals surface area contributed by atoms with Crippen molar-refractivity contribution in [1.82, 2.24) is 9.38 Å². The van der Waals surface area contributed by atoms with E-state index in [-0.39, 0.29) is 24.5 Å². The highest BCUT2D eigenvalue weighted by Gasteiger charge is 2.10. The Balaban J connectivity index is 1.57. The van der Waals surface area contributed by atoms with E-state index in [2.05, 4.69) is 10.3 Å². The van der Waals surface area contributed by atoms with Crippen LogP contribution in [-0.2, 0) is 4.79 Å². The van der Waals surface area contributed by atoms with Gasteiger partial charge in [0.15, 0.2) is 11.6 Å². The van der Waals surface area contributed by atoms with Crippen molar-refractivity contribution in [3.05, 3.63) is 66.5 Å². The van der Waals surface area contributed by atoms with Crippen LogP contribution in [-0.4, -0.2) is 21.1 Å². The number of fused-ring (bicyclic) bond motifs is 1. The second-order valence-electron chi connectivity index (χ2n) is 4.93. The number of hydrogen-bond acceptors (Lipinski definition) is 3. The molecule has 0 radical (unpaired) electrons. The Hall–Kier alpha value is -2.95. The Kier molecular flexibility index (Phi) is 3.96. The number of rotatable bonds is 5. The average Bonchev–Trinajstić information content (AvgIpc) is 2.95. The maximum Gasteiger partial charge on any atom is 0.226 e. The molecule has 0 bridgehead atoms. The molecule has 110 valence electrons. The molecule has 2 aromatic heterocycles. The third-order valence-corrected chi connectivity index (χ3v) is 3.31. The molecule has 0 unspecified atom stereocenters. The molecule has 1 amide bonds. The van der Waals surface area contributed by atoms with E-state index in [0.29, 0.717) is 11.4 Å². The van der Waals surface area contributed by atoms with E-state index >= 15 is 0 Å². The molecule has 0 atom stereocenters. The first kappa shape index (κ1) is 14.0. The van der Waals surface area contributed by atoms with Crippen LogP contribution in [0.4, 0.5) is 5.82 Å². The summed E-state index contributed by atoms with van der Waals surface area (Å²) in [6, 6.07) is 14.6. The summed E-state index contributed by atoms with van der Waals surface area (Å²) in [5.41, 5.74) is 1.39. The second-order valence-corrected chi connectivity index (χ2v) is 4.93. The van der Waals surface area contributed by atoms with Gasteiger partial charge < -0.3 is 9.72 Å². The molecule has 1 aromatic carbocycles. The normalized spacial score (nSPS) is 10.5. The molecular formula is C17H15N3O2. The van der Waals surface area contributed by atoms with Gasteiger partial charge in [0.25, 0.3) is 0 Å². The van der Waals surface area contributed by atoms with Crippen LogP contribution in [0.15, 0.2) is 60.9 Å². The van der Waals surface area contributed by atoms with Crippen molar-refractivity contribution in [2.45, 2.75) is 12.8 Å². The Labute approximate surface area is 127 Å². The fourth-order valence-electron chi connectivity index (χ4n) is 2.20. The lowest BCUT2D eigenvalue weighted by molar-refractivity contribution is -0.116. The Morgan fingerprint density at radius 1 is 1.00 bits per heavy atom. The van der Waals surface area contributed by atoms with E-state index in [1.807, 2.05) is 47.0 Å². The monoisotopic (exact) mass is 293 g/mol. The van der Waals surface area contributed by atoms with Gasteiger partial charge in [-0.25, -0.2) is 4.98 Å². The zero-order chi connectivity index (χ0) is 15.4. The van der Waals surface area contributed by atoms with Gasteiger partial charge >= 0.3 is 0 Å². The number of pyridine rings is 1. The van der Waals surface area contributed by atoms with Crippen LogP contribution in [0.3, 0.4) is 0 Å². The number of hydrogen-bond donors (Lipinski definition) is 1. The first-order valence-electron chi connectivity index (χ1n) is 7.04. The van der Waals surface area contributed by atoms with Crippen LogP contribution in [0.1, 0.15) is 23.2 Å². The zero-order valence-electron chi connectivity index (χ0n) is 11.9. The number of carbonyl (C=O) groups excluding carboxylic acids is 2. The number of amides is 1. The van der Waals surface area contributed by atoms with Crippen molar-refractivity contribution in [2.75, 3.05) is 5.32 Å². The molecular weight excluding hydrogens is 278 g/mol. The van der Waals surface area contributed by atoms with Crippen molar-refractivity contribution in [3.63, 3.8) is 0 Å². The minimum Gasteiger partial charge on any atom is -0.309 e. The van der Waals surface area contributed by atoms with Gasteiger partial charge in [0.05, 0.1) is 6.20 Å². The first-order chi connectivity index (χ1) is 10.7. The first-order valence-corrected chi connectivity index (χ1v) is 7.04. The van der Waals surface area contributed by atoms with Gasteiger partial charge in [-0.15, -0.1) is 0 Å². The van der Waals surface area contributed by atoms with Crippen molar-refractivity contribution in [2.24, 2.45) is 0 Å². The minimum atomic E-state index is -0.215. The number of Topliss-reactive ketones (excluding diaryl/α,β-unsaturated/α-hetero) is 1. The van der Waals surface area contributed by atoms with Gasteiger partial charge in [-0.2, -0.15) is 0 Å². The summed E-state index contributed by atoms with van der Waals surface area (Å²) in [4.78, 5) is 28.1. The number of aromatic nitrogens is 2. The molecule has 5 nitrogen and oxygen atoms in total. The topological polar surface area (TPSA) is 63.5 Å². The van der Waals surface area contributed by atoms with Gasteiger partial charge in [-0.1, -0.05) is 36.4 Å². The van der Waals surface area contributed by atoms with Crippen molar-refractivity contribution in [1.29, 1.82) is 0 Å². The zero-order valence-corrected chi connectivity index (χ0v) is 11.9. The standard InChI is InChI=1S/C17H15N3O2/c21-14(13-6-2-1-3-7-13)9-10-17(22)19-15-12-20-11-5-4-8-16(20)18-15/h1-8,11-12H,9-10H2,(H,19,22). The lowest BCUT2D eigenvalue weighted by atomic mass is 10.1. The summed E-state index contributed by atoms with van der Waals surface area (Å²) in [6.07, 6.45) is 3.92. The van der Waals surface area contributed by atoms with E-state index in [4.69, 9.17) is 0 Å². The average molecular weight is 293 g/mol. The summed E-state index contributed by atoms with van der Waals surface area (Å²) in [7, 11) is 0. The summed E-state index contributed by atoms with van der Waals surface area (Å²) in [6.45, 7) is 0. The van der Waals surface area contributed by atoms with E-state index < -0.39 is 0 Å². The summed E-state index contributed by atoms with van der Waals surface area (Å²) in [5.74, 6) is 0.238. The molecule has 1 N–H and O–H groups in total. The number of benzene rings is 1. The number of imidazole rings is 1. The third kappa shape index (κ3) is 3.20. The van der Waals surface area contributed by atoms with Crippen LogP contribution in [0.25, 0.3) is 5.65 Å². The third-order valence-electron chi connectivity index (χ3n) is 3.31. The van der Waals surface area contributed by atoms with Gasteiger partial charge in [-0.05, 0) is 12.1 Å². The summed E-state index contributed by atoms with van der Waals surface area (Å²) in [5, 5.41) is 2.72. The van der Waals surface area contributed by atoms with Gasteiger partial charge in [0, 0.05) is 24.6 Å². The number of carbonyl (C=O) groups is 2. The molecule has 22 heavy (non-hydrogen) atoms. The Morgan fingerprint density at radius 3 is 2.55 bits per heavy atom. The van der Waals surface area contributed by atoms with Crippen molar-refractivity contribution >= 4 is 23.2 Å². The highest BCUT2D eigenvalue weighted by Crippen LogP contribution is 2.10. The largest absolute Gasteiger partial charge is 0.309 e. The molecule has 0 aliphatic carbocycles. The smallest absolute Gasteiger partial charge is 0.226 e. The minimum absolute atomic E-state index is 0.0363. The molecule has 5 heteroatoms. The van der Waals surface area contributed by atoms with Crippen molar-refractivity contribution in [3.8, 4) is 0 Å². The predicted octanol–water partition coefficient (Wildman–Crippen LogP) is 2.94. The highest BCUT2D eigenvalue weighted by molar-refractivity contribution is 5.99. The predicted molar refractivity (Wildman–Crippen MR) is 83.8 cm³/mol. The van der Waals surface area contributed by atoms with Gasteiger partial charge in [-0.3, -0.25) is 9.59 Å². The Morgan fingerprint density at radius 2 is 1.77 bits per heavy atom. The molecule has 3 rings (SSSR count). The lowest BCUT2D eigenvalue weighted by Gasteiger charge is -2.02. The van der Waals surface area contributed by atoms with Crippen LogP contribution in [0.2, 0.25) is 0 Å². The van der Waals surface area contributed by atoms with Crippen LogP contribution < -0.4 is 5.32 Å². The molecule has 0 fully saturated rings. The fraction of sp³-hybridized carbons (Fsp3) is 0.118. The molecule has 0 saturated heterocycles. The molecule has 3 aromatic rings. The maximum absolute atomic E-state index is 11.9. The molecule has 0 aliphatic rings. The number of ketones is 1.